The Balaban J connectivity index is 2.11. The summed E-state index contributed by atoms with van der Waals surface area (Å²) in [5.74, 6) is 3.85. The summed E-state index contributed by atoms with van der Waals surface area (Å²) in [6, 6.07) is 8.74. The molecule has 1 aliphatic heterocycles. The van der Waals surface area contributed by atoms with Gasteiger partial charge in [-0.3, -0.25) is 4.79 Å². The van der Waals surface area contributed by atoms with E-state index in [-0.39, 0.29) is 17.1 Å². The highest BCUT2D eigenvalue weighted by molar-refractivity contribution is 5.78. The van der Waals surface area contributed by atoms with Gasteiger partial charge in [0.05, 0.1) is 0 Å². The van der Waals surface area contributed by atoms with Crippen LogP contribution in [-0.2, 0) is 5.41 Å². The number of benzene rings is 1. The molecular weight excluding hydrogens is 374 g/mol. The molecule has 0 saturated heterocycles. The number of hydrogen-bond donors (Lipinski definition) is 2. The van der Waals surface area contributed by atoms with Gasteiger partial charge in [-0.25, -0.2) is 9.37 Å². The van der Waals surface area contributed by atoms with Crippen LogP contribution in [0.3, 0.4) is 0 Å². The fourth-order valence-electron chi connectivity index (χ4n) is 3.24. The van der Waals surface area contributed by atoms with Crippen LogP contribution in [-0.4, -0.2) is 16.1 Å². The average molecular weight is 385 g/mol. The SMILES string of the molecule is O=c1[nH]ccc2c1Nc1ccc(F)cc1C2(C#Cc1ccccn1)C(F)(F)F. The number of rotatable bonds is 0. The van der Waals surface area contributed by atoms with Crippen molar-refractivity contribution >= 4 is 11.4 Å². The Labute approximate surface area is 156 Å². The van der Waals surface area contributed by atoms with Gasteiger partial charge >= 0.3 is 6.18 Å². The first-order chi connectivity index (χ1) is 13.3. The van der Waals surface area contributed by atoms with Crippen molar-refractivity contribution in [3.63, 3.8) is 0 Å². The number of aromatic amines is 1. The van der Waals surface area contributed by atoms with Gasteiger partial charge in [0.15, 0.2) is 5.41 Å². The first-order valence-electron chi connectivity index (χ1n) is 8.13. The third kappa shape index (κ3) is 2.63. The molecule has 8 heteroatoms. The van der Waals surface area contributed by atoms with E-state index in [0.717, 1.165) is 30.5 Å². The standard InChI is InChI=1S/C20H11F4N3O/c21-12-4-5-16-15(11-12)19(20(22,23)24,8-6-13-3-1-2-9-25-13)14-7-10-26-18(28)17(14)27-16/h1-5,7,9-11,27H,(H,26,28). The van der Waals surface area contributed by atoms with Crippen molar-refractivity contribution in [2.45, 2.75) is 11.6 Å². The van der Waals surface area contributed by atoms with Crippen LogP contribution in [0.2, 0.25) is 0 Å². The van der Waals surface area contributed by atoms with E-state index in [9.17, 15) is 22.4 Å². The molecule has 0 spiro atoms. The van der Waals surface area contributed by atoms with Crippen molar-refractivity contribution < 1.29 is 17.6 Å². The van der Waals surface area contributed by atoms with E-state index >= 15 is 0 Å². The number of fused-ring (bicyclic) bond motifs is 2. The van der Waals surface area contributed by atoms with Gasteiger partial charge in [0.2, 0.25) is 0 Å². The van der Waals surface area contributed by atoms with Crippen molar-refractivity contribution in [2.24, 2.45) is 0 Å². The second-order valence-corrected chi connectivity index (χ2v) is 6.12. The van der Waals surface area contributed by atoms with Crippen LogP contribution >= 0.6 is 0 Å². The number of H-pyrrole nitrogens is 1. The summed E-state index contributed by atoms with van der Waals surface area (Å²) in [5, 5.41) is 2.67. The van der Waals surface area contributed by atoms with Gasteiger partial charge < -0.3 is 10.3 Å². The predicted octanol–water partition coefficient (Wildman–Crippen LogP) is 3.87. The normalized spacial score (nSPS) is 17.6. The lowest BCUT2D eigenvalue weighted by Crippen LogP contribution is -2.46. The van der Waals surface area contributed by atoms with Crippen molar-refractivity contribution in [2.75, 3.05) is 5.32 Å². The highest BCUT2D eigenvalue weighted by Crippen LogP contribution is 2.53. The lowest BCUT2D eigenvalue weighted by Gasteiger charge is -2.38. The molecule has 0 saturated carbocycles. The van der Waals surface area contributed by atoms with E-state index in [0.29, 0.717) is 0 Å². The highest BCUT2D eigenvalue weighted by atomic mass is 19.4. The second-order valence-electron chi connectivity index (χ2n) is 6.12. The Morgan fingerprint density at radius 3 is 2.61 bits per heavy atom. The maximum atomic E-state index is 14.5. The lowest BCUT2D eigenvalue weighted by molar-refractivity contribution is -0.161. The minimum Gasteiger partial charge on any atom is -0.350 e. The molecule has 0 aliphatic carbocycles. The molecule has 4 nitrogen and oxygen atoms in total. The number of halogens is 4. The fraction of sp³-hybridized carbons (Fsp3) is 0.100. The van der Waals surface area contributed by atoms with Crippen LogP contribution < -0.4 is 10.9 Å². The number of nitrogens with one attached hydrogen (secondary N) is 2. The highest BCUT2D eigenvalue weighted by Gasteiger charge is 2.60. The Morgan fingerprint density at radius 2 is 1.89 bits per heavy atom. The van der Waals surface area contributed by atoms with Crippen LogP contribution in [0.15, 0.2) is 59.7 Å². The second kappa shape index (κ2) is 6.23. The van der Waals surface area contributed by atoms with Crippen LogP contribution in [0, 0.1) is 17.7 Å². The number of hydrogen-bond acceptors (Lipinski definition) is 3. The number of alkyl halides is 3. The summed E-state index contributed by atoms with van der Waals surface area (Å²) in [6.45, 7) is 0. The van der Waals surface area contributed by atoms with E-state index in [1.165, 1.54) is 12.3 Å². The molecule has 0 amide bonds. The predicted molar refractivity (Wildman–Crippen MR) is 94.7 cm³/mol. The van der Waals surface area contributed by atoms with E-state index in [2.05, 4.69) is 27.1 Å². The molecule has 1 aromatic carbocycles. The summed E-state index contributed by atoms with van der Waals surface area (Å²) in [6.07, 6.45) is -2.43. The van der Waals surface area contributed by atoms with E-state index in [4.69, 9.17) is 0 Å². The molecule has 3 aromatic rings. The zero-order valence-electron chi connectivity index (χ0n) is 14.1. The molecule has 4 rings (SSSR count). The lowest BCUT2D eigenvalue weighted by atomic mass is 9.71. The molecule has 0 fully saturated rings. The first-order valence-corrected chi connectivity index (χ1v) is 8.13. The monoisotopic (exact) mass is 385 g/mol. The molecule has 3 heterocycles. The fourth-order valence-corrected chi connectivity index (χ4v) is 3.24. The van der Waals surface area contributed by atoms with Gasteiger partial charge in [0.1, 0.15) is 17.2 Å². The minimum absolute atomic E-state index is 0.0433. The van der Waals surface area contributed by atoms with Crippen molar-refractivity contribution in [1.82, 2.24) is 9.97 Å². The van der Waals surface area contributed by atoms with Crippen LogP contribution in [0.25, 0.3) is 0 Å². The van der Waals surface area contributed by atoms with Gasteiger partial charge in [-0.1, -0.05) is 12.0 Å². The average Bonchev–Trinajstić information content (AvgIpc) is 2.66. The molecular formula is C20H11F4N3O. The van der Waals surface area contributed by atoms with Gasteiger partial charge in [-0.15, -0.1) is 0 Å². The Bertz CT molecular complexity index is 1180. The third-order valence-electron chi connectivity index (χ3n) is 4.48. The van der Waals surface area contributed by atoms with Crippen LogP contribution in [0.1, 0.15) is 16.8 Å². The van der Waals surface area contributed by atoms with Crippen LogP contribution in [0.4, 0.5) is 28.9 Å². The molecule has 0 bridgehead atoms. The molecule has 2 aromatic heterocycles. The molecule has 140 valence electrons. The number of anilines is 2. The van der Waals surface area contributed by atoms with Crippen molar-refractivity contribution in [1.29, 1.82) is 0 Å². The molecule has 1 aliphatic rings. The van der Waals surface area contributed by atoms with Crippen molar-refractivity contribution in [3.05, 3.63) is 87.9 Å². The summed E-state index contributed by atoms with van der Waals surface area (Å²) < 4.78 is 57.5. The summed E-state index contributed by atoms with van der Waals surface area (Å²) >= 11 is 0. The molecule has 0 radical (unpaired) electrons. The van der Waals surface area contributed by atoms with Gasteiger partial charge in [-0.2, -0.15) is 13.2 Å². The third-order valence-corrected chi connectivity index (χ3v) is 4.48. The minimum atomic E-state index is -4.94. The van der Waals surface area contributed by atoms with Gasteiger partial charge in [-0.05, 0) is 42.3 Å². The molecule has 28 heavy (non-hydrogen) atoms. The van der Waals surface area contributed by atoms with E-state index in [1.54, 1.807) is 12.1 Å². The largest absolute Gasteiger partial charge is 0.413 e. The molecule has 1 atom stereocenters. The Morgan fingerprint density at radius 1 is 1.07 bits per heavy atom. The maximum absolute atomic E-state index is 14.5. The molecule has 1 unspecified atom stereocenters. The van der Waals surface area contributed by atoms with Crippen LogP contribution in [0.5, 0.6) is 0 Å². The summed E-state index contributed by atoms with van der Waals surface area (Å²) in [4.78, 5) is 18.5. The maximum Gasteiger partial charge on any atom is 0.413 e. The Hall–Kier alpha value is -3.60. The quantitative estimate of drug-likeness (QED) is 0.456. The zero-order chi connectivity index (χ0) is 19.9. The smallest absolute Gasteiger partial charge is 0.350 e. The molecule has 2 N–H and O–H groups in total. The summed E-state index contributed by atoms with van der Waals surface area (Å²) in [5.41, 5.74) is -4.66. The van der Waals surface area contributed by atoms with E-state index < -0.39 is 34.1 Å². The summed E-state index contributed by atoms with van der Waals surface area (Å²) in [7, 11) is 0. The number of aromatic nitrogens is 2. The van der Waals surface area contributed by atoms with Crippen molar-refractivity contribution in [3.8, 4) is 11.8 Å². The van der Waals surface area contributed by atoms with Gasteiger partial charge in [0, 0.05) is 29.2 Å². The first kappa shape index (κ1) is 17.8. The van der Waals surface area contributed by atoms with E-state index in [1.807, 2.05) is 0 Å². The van der Waals surface area contributed by atoms with Gasteiger partial charge in [0.25, 0.3) is 5.56 Å². The topological polar surface area (TPSA) is 57.8 Å². The zero-order valence-corrected chi connectivity index (χ0v) is 14.1. The number of nitrogens with zero attached hydrogens (tertiary/aromatic N) is 1. The number of pyridine rings is 2. The Kier molecular flexibility index (Phi) is 3.96.